The van der Waals surface area contributed by atoms with E-state index >= 15 is 0 Å². The molecule has 0 aliphatic rings. The predicted octanol–water partition coefficient (Wildman–Crippen LogP) is 17.3. The van der Waals surface area contributed by atoms with Crippen molar-refractivity contribution in [3.8, 4) is 11.1 Å². The van der Waals surface area contributed by atoms with Crippen LogP contribution in [0.5, 0.6) is 0 Å². The number of rotatable bonds is 15. The van der Waals surface area contributed by atoms with E-state index in [0.29, 0.717) is 5.92 Å². The molecule has 0 saturated heterocycles. The Morgan fingerprint density at radius 2 is 0.424 bits per heavy atom. The zero-order valence-electron chi connectivity index (χ0n) is 36.9. The Morgan fingerprint density at radius 1 is 0.212 bits per heavy atom. The normalized spacial score (nSPS) is 11.0. The lowest BCUT2D eigenvalue weighted by molar-refractivity contribution is 0.680. The molecule has 0 aliphatic carbocycles. The van der Waals surface area contributed by atoms with Crippen molar-refractivity contribution in [2.24, 2.45) is 0 Å². The molecule has 0 bridgehead atoms. The van der Waals surface area contributed by atoms with Crippen molar-refractivity contribution in [2.45, 2.75) is 18.8 Å². The molecule has 0 unspecified atom stereocenters. The second-order valence-electron chi connectivity index (χ2n) is 16.6. The summed E-state index contributed by atoms with van der Waals surface area (Å²) in [6, 6.07) is 100. The minimum Gasteiger partial charge on any atom is -0.311 e. The van der Waals surface area contributed by atoms with E-state index in [1.165, 1.54) is 16.7 Å². The van der Waals surface area contributed by atoms with Gasteiger partial charge in [0, 0.05) is 51.2 Å². The molecule has 3 nitrogen and oxygen atoms in total. The Hall–Kier alpha value is -8.40. The van der Waals surface area contributed by atoms with Crippen LogP contribution in [-0.2, 0) is 12.8 Å². The maximum atomic E-state index is 2.35. The Labute approximate surface area is 389 Å². The quantitative estimate of drug-likeness (QED) is 0.102. The molecule has 3 heteroatoms. The van der Waals surface area contributed by atoms with Crippen molar-refractivity contribution in [1.29, 1.82) is 0 Å². The number of para-hydroxylation sites is 4. The molecule has 66 heavy (non-hydrogen) atoms. The van der Waals surface area contributed by atoms with Crippen molar-refractivity contribution < 1.29 is 0 Å². The molecule has 0 aliphatic heterocycles. The minimum absolute atomic E-state index is 0.357. The summed E-state index contributed by atoms with van der Waals surface area (Å²) in [7, 11) is 0. The molecule has 0 aromatic heterocycles. The summed E-state index contributed by atoms with van der Waals surface area (Å²) in [4.78, 5) is 6.96. The van der Waals surface area contributed by atoms with Crippen LogP contribution in [0.25, 0.3) is 11.1 Å². The van der Waals surface area contributed by atoms with Crippen molar-refractivity contribution >= 4 is 51.2 Å². The van der Waals surface area contributed by atoms with Gasteiger partial charge in [0.2, 0.25) is 0 Å². The summed E-state index contributed by atoms with van der Waals surface area (Å²) < 4.78 is 0. The van der Waals surface area contributed by atoms with Crippen LogP contribution in [0.2, 0.25) is 0 Å². The summed E-state index contributed by atoms with van der Waals surface area (Å²) in [6.07, 6.45) is 1.97. The first kappa shape index (κ1) is 41.6. The van der Waals surface area contributed by atoms with Crippen molar-refractivity contribution in [3.05, 3.63) is 296 Å². The molecule has 0 amide bonds. The van der Waals surface area contributed by atoms with Gasteiger partial charge in [-0.3, -0.25) is 0 Å². The van der Waals surface area contributed by atoms with E-state index in [4.69, 9.17) is 0 Å². The van der Waals surface area contributed by atoms with E-state index in [2.05, 4.69) is 294 Å². The van der Waals surface area contributed by atoms with E-state index in [9.17, 15) is 0 Å². The van der Waals surface area contributed by atoms with E-state index in [1.807, 2.05) is 0 Å². The van der Waals surface area contributed by atoms with E-state index < -0.39 is 0 Å². The fourth-order valence-corrected chi connectivity index (χ4v) is 9.01. The fraction of sp³-hybridized carbons (Fsp3) is 0.0476. The number of hydrogen-bond donors (Lipinski definition) is 0. The molecule has 0 spiro atoms. The summed E-state index contributed by atoms with van der Waals surface area (Å²) in [5.74, 6) is 0.357. The number of hydrogen-bond acceptors (Lipinski definition) is 3. The highest BCUT2D eigenvalue weighted by Gasteiger charge is 2.19. The zero-order chi connectivity index (χ0) is 44.3. The van der Waals surface area contributed by atoms with E-state index in [1.54, 1.807) is 0 Å². The van der Waals surface area contributed by atoms with Crippen molar-refractivity contribution in [1.82, 2.24) is 0 Å². The van der Waals surface area contributed by atoms with E-state index in [0.717, 1.165) is 75.2 Å². The van der Waals surface area contributed by atoms with Gasteiger partial charge >= 0.3 is 0 Å². The fourth-order valence-electron chi connectivity index (χ4n) is 9.01. The topological polar surface area (TPSA) is 9.72 Å². The van der Waals surface area contributed by atoms with E-state index in [-0.39, 0.29) is 0 Å². The maximum absolute atomic E-state index is 2.35. The maximum Gasteiger partial charge on any atom is 0.0463 e. The SMILES string of the molecule is c1ccc(CC(Cc2ccccc2)c2ccc(N(c3ccccc3)c3ccc(-c4ccc(N(c5ccccc5)c5ccc(N(c6ccccc6)c6ccccc6)cc5)cc4)cc3)cc2)cc1. The van der Waals surface area contributed by atoms with Gasteiger partial charge in [-0.15, -0.1) is 0 Å². The summed E-state index contributed by atoms with van der Waals surface area (Å²) >= 11 is 0. The minimum atomic E-state index is 0.357. The average molecular weight is 850 g/mol. The number of nitrogens with zero attached hydrogens (tertiary/aromatic N) is 3. The van der Waals surface area contributed by atoms with Crippen LogP contribution in [0.15, 0.2) is 279 Å². The molecular weight excluding hydrogens is 799 g/mol. The molecule has 0 fully saturated rings. The standard InChI is InChI=1S/C63H51N3/c1-7-19-49(20-8-1)47-54(48-50-21-9-2-10-22-50)53-35-41-61(42-36-53)65(57-27-15-5-16-28-57)59-37-31-51(32-38-59)52-33-39-60(40-34-52)66(58-29-17-6-18-30-58)63-45-43-62(44-46-63)64(55-23-11-3-12-24-55)56-25-13-4-14-26-56/h1-46,54H,47-48H2. The number of anilines is 9. The second-order valence-corrected chi connectivity index (χ2v) is 16.6. The van der Waals surface area contributed by atoms with Gasteiger partial charge in [-0.1, -0.05) is 170 Å². The molecule has 10 rings (SSSR count). The summed E-state index contributed by atoms with van der Waals surface area (Å²) in [5.41, 5.74) is 16.3. The molecule has 0 atom stereocenters. The van der Waals surface area contributed by atoms with Gasteiger partial charge in [-0.05, 0) is 156 Å². The van der Waals surface area contributed by atoms with Crippen LogP contribution < -0.4 is 14.7 Å². The van der Waals surface area contributed by atoms with Gasteiger partial charge in [-0.2, -0.15) is 0 Å². The van der Waals surface area contributed by atoms with Crippen LogP contribution >= 0.6 is 0 Å². The monoisotopic (exact) mass is 849 g/mol. The zero-order valence-corrected chi connectivity index (χ0v) is 36.9. The van der Waals surface area contributed by atoms with Crippen LogP contribution in [0.1, 0.15) is 22.6 Å². The lowest BCUT2D eigenvalue weighted by Crippen LogP contribution is -2.12. The molecule has 0 radical (unpaired) electrons. The van der Waals surface area contributed by atoms with Gasteiger partial charge in [0.15, 0.2) is 0 Å². The smallest absolute Gasteiger partial charge is 0.0463 e. The molecular formula is C63H51N3. The van der Waals surface area contributed by atoms with Crippen molar-refractivity contribution in [3.63, 3.8) is 0 Å². The molecule has 0 N–H and O–H groups in total. The van der Waals surface area contributed by atoms with Gasteiger partial charge in [0.25, 0.3) is 0 Å². The Balaban J connectivity index is 0.916. The third-order valence-electron chi connectivity index (χ3n) is 12.3. The molecule has 318 valence electrons. The van der Waals surface area contributed by atoms with Crippen LogP contribution in [-0.4, -0.2) is 0 Å². The van der Waals surface area contributed by atoms with Crippen LogP contribution in [0.3, 0.4) is 0 Å². The summed E-state index contributed by atoms with van der Waals surface area (Å²) in [6.45, 7) is 0. The lowest BCUT2D eigenvalue weighted by Gasteiger charge is -2.28. The van der Waals surface area contributed by atoms with Gasteiger partial charge in [0.05, 0.1) is 0 Å². The van der Waals surface area contributed by atoms with Crippen LogP contribution in [0.4, 0.5) is 51.2 Å². The molecule has 10 aromatic carbocycles. The average Bonchev–Trinajstić information content (AvgIpc) is 3.39. The third-order valence-corrected chi connectivity index (χ3v) is 12.3. The lowest BCUT2D eigenvalue weighted by atomic mass is 9.86. The first-order valence-electron chi connectivity index (χ1n) is 22.8. The summed E-state index contributed by atoms with van der Waals surface area (Å²) in [5, 5.41) is 0. The first-order valence-corrected chi connectivity index (χ1v) is 22.8. The first-order chi connectivity index (χ1) is 32.7. The predicted molar refractivity (Wildman–Crippen MR) is 279 cm³/mol. The Morgan fingerprint density at radius 3 is 0.697 bits per heavy atom. The highest BCUT2D eigenvalue weighted by molar-refractivity contribution is 5.83. The van der Waals surface area contributed by atoms with Crippen molar-refractivity contribution in [2.75, 3.05) is 14.7 Å². The van der Waals surface area contributed by atoms with Gasteiger partial charge in [-0.25, -0.2) is 0 Å². The van der Waals surface area contributed by atoms with Gasteiger partial charge < -0.3 is 14.7 Å². The molecule has 0 saturated carbocycles. The molecule has 10 aromatic rings. The molecule has 0 heterocycles. The largest absolute Gasteiger partial charge is 0.311 e. The van der Waals surface area contributed by atoms with Crippen LogP contribution in [0, 0.1) is 0 Å². The van der Waals surface area contributed by atoms with Gasteiger partial charge in [0.1, 0.15) is 0 Å². The Bertz CT molecular complexity index is 2940. The highest BCUT2D eigenvalue weighted by atomic mass is 15.2. The number of benzene rings is 10. The second kappa shape index (κ2) is 20.0. The third kappa shape index (κ3) is 9.57. The highest BCUT2D eigenvalue weighted by Crippen LogP contribution is 2.41. The Kier molecular flexibility index (Phi) is 12.6.